The molecule has 2 heterocycles. The predicted octanol–water partition coefficient (Wildman–Crippen LogP) is 2.92. The summed E-state index contributed by atoms with van der Waals surface area (Å²) in [4.78, 5) is 6.87. The van der Waals surface area contributed by atoms with E-state index in [4.69, 9.17) is 0 Å². The SMILES string of the molecule is Cc1cc(N2CCC(CBr)C2)cc(C)n1. The number of anilines is 1. The molecule has 0 radical (unpaired) electrons. The van der Waals surface area contributed by atoms with Gasteiger partial charge in [0.05, 0.1) is 0 Å². The first-order chi connectivity index (χ1) is 7.19. The molecule has 82 valence electrons. The summed E-state index contributed by atoms with van der Waals surface area (Å²) < 4.78 is 0. The third-order valence-electron chi connectivity index (χ3n) is 2.94. The second kappa shape index (κ2) is 4.52. The number of pyridine rings is 1. The van der Waals surface area contributed by atoms with Crippen molar-refractivity contribution in [3.8, 4) is 0 Å². The van der Waals surface area contributed by atoms with Gasteiger partial charge in [-0.2, -0.15) is 0 Å². The van der Waals surface area contributed by atoms with Crippen molar-refractivity contribution in [3.63, 3.8) is 0 Å². The minimum atomic E-state index is 0.804. The van der Waals surface area contributed by atoms with Crippen LogP contribution in [-0.4, -0.2) is 23.4 Å². The first-order valence-corrected chi connectivity index (χ1v) is 6.57. The molecule has 0 spiro atoms. The molecular formula is C12H17BrN2. The number of alkyl halides is 1. The smallest absolute Gasteiger partial charge is 0.0402 e. The van der Waals surface area contributed by atoms with Crippen LogP contribution in [0.2, 0.25) is 0 Å². The van der Waals surface area contributed by atoms with Crippen molar-refractivity contribution in [2.45, 2.75) is 20.3 Å². The van der Waals surface area contributed by atoms with E-state index in [1.807, 2.05) is 0 Å². The van der Waals surface area contributed by atoms with Crippen molar-refractivity contribution < 1.29 is 0 Å². The molecule has 0 bridgehead atoms. The summed E-state index contributed by atoms with van der Waals surface area (Å²) in [5, 5.41) is 1.12. The lowest BCUT2D eigenvalue weighted by atomic mass is 10.2. The molecule has 1 aliphatic heterocycles. The first kappa shape index (κ1) is 10.9. The fourth-order valence-electron chi connectivity index (χ4n) is 2.19. The van der Waals surface area contributed by atoms with Crippen LogP contribution in [0, 0.1) is 19.8 Å². The zero-order valence-corrected chi connectivity index (χ0v) is 10.9. The summed E-state index contributed by atoms with van der Waals surface area (Å²) in [5.41, 5.74) is 3.57. The van der Waals surface area contributed by atoms with E-state index >= 15 is 0 Å². The summed E-state index contributed by atoms with van der Waals surface area (Å²) in [6, 6.07) is 4.37. The third kappa shape index (κ3) is 2.51. The van der Waals surface area contributed by atoms with Crippen molar-refractivity contribution in [1.29, 1.82) is 0 Å². The normalized spacial score (nSPS) is 21.0. The van der Waals surface area contributed by atoms with E-state index in [1.165, 1.54) is 25.2 Å². The van der Waals surface area contributed by atoms with Crippen molar-refractivity contribution in [2.75, 3.05) is 23.3 Å². The van der Waals surface area contributed by atoms with Crippen LogP contribution in [0.5, 0.6) is 0 Å². The number of halogens is 1. The quantitative estimate of drug-likeness (QED) is 0.767. The van der Waals surface area contributed by atoms with Gasteiger partial charge in [0.25, 0.3) is 0 Å². The lowest BCUT2D eigenvalue weighted by Crippen LogP contribution is -2.20. The molecule has 0 aliphatic carbocycles. The minimum absolute atomic E-state index is 0.804. The van der Waals surface area contributed by atoms with Crippen LogP contribution in [0.4, 0.5) is 5.69 Å². The highest BCUT2D eigenvalue weighted by atomic mass is 79.9. The molecule has 15 heavy (non-hydrogen) atoms. The van der Waals surface area contributed by atoms with Gasteiger partial charge >= 0.3 is 0 Å². The first-order valence-electron chi connectivity index (χ1n) is 5.45. The van der Waals surface area contributed by atoms with Crippen molar-refractivity contribution in [2.24, 2.45) is 5.92 Å². The Balaban J connectivity index is 2.16. The molecule has 1 fully saturated rings. The van der Waals surface area contributed by atoms with Gasteiger partial charge in [-0.3, -0.25) is 4.98 Å². The van der Waals surface area contributed by atoms with Gasteiger partial charge in [-0.25, -0.2) is 0 Å². The second-order valence-corrected chi connectivity index (χ2v) is 5.01. The Morgan fingerprint density at radius 1 is 1.40 bits per heavy atom. The molecule has 2 rings (SSSR count). The lowest BCUT2D eigenvalue weighted by Gasteiger charge is -2.19. The molecule has 0 aromatic carbocycles. The summed E-state index contributed by atoms with van der Waals surface area (Å²) in [6.45, 7) is 6.48. The number of hydrogen-bond acceptors (Lipinski definition) is 2. The fourth-order valence-corrected chi connectivity index (χ4v) is 2.72. The molecule has 1 unspecified atom stereocenters. The van der Waals surface area contributed by atoms with Gasteiger partial charge in [0.15, 0.2) is 0 Å². The summed E-state index contributed by atoms with van der Waals surface area (Å²) in [7, 11) is 0. The predicted molar refractivity (Wildman–Crippen MR) is 67.8 cm³/mol. The van der Waals surface area contributed by atoms with E-state index in [0.29, 0.717) is 0 Å². The lowest BCUT2D eigenvalue weighted by molar-refractivity contribution is 0.676. The Kier molecular flexibility index (Phi) is 3.29. The van der Waals surface area contributed by atoms with E-state index < -0.39 is 0 Å². The van der Waals surface area contributed by atoms with E-state index in [9.17, 15) is 0 Å². The number of aromatic nitrogens is 1. The standard InChI is InChI=1S/C12H17BrN2/c1-9-5-12(6-10(2)14-9)15-4-3-11(7-13)8-15/h5-6,11H,3-4,7-8H2,1-2H3. The Hall–Kier alpha value is -0.570. The highest BCUT2D eigenvalue weighted by Crippen LogP contribution is 2.25. The van der Waals surface area contributed by atoms with E-state index in [0.717, 1.165) is 22.6 Å². The number of rotatable bonds is 2. The molecule has 1 aliphatic rings. The van der Waals surface area contributed by atoms with Gasteiger partial charge in [0, 0.05) is 35.5 Å². The van der Waals surface area contributed by atoms with Gasteiger partial charge in [-0.15, -0.1) is 0 Å². The Bertz CT molecular complexity index is 331. The van der Waals surface area contributed by atoms with Gasteiger partial charge < -0.3 is 4.90 Å². The van der Waals surface area contributed by atoms with Crippen LogP contribution in [-0.2, 0) is 0 Å². The summed E-state index contributed by atoms with van der Waals surface area (Å²) >= 11 is 3.57. The van der Waals surface area contributed by atoms with Crippen LogP contribution < -0.4 is 4.90 Å². The summed E-state index contributed by atoms with van der Waals surface area (Å²) in [6.07, 6.45) is 1.30. The molecule has 3 heteroatoms. The maximum Gasteiger partial charge on any atom is 0.0402 e. The molecule has 0 amide bonds. The zero-order valence-electron chi connectivity index (χ0n) is 9.33. The summed E-state index contributed by atoms with van der Waals surface area (Å²) in [5.74, 6) is 0.804. The third-order valence-corrected chi connectivity index (χ3v) is 3.85. The molecule has 0 saturated carbocycles. The molecular weight excluding hydrogens is 252 g/mol. The van der Waals surface area contributed by atoms with Crippen LogP contribution in [0.3, 0.4) is 0 Å². The Labute approximate surface area is 99.8 Å². The second-order valence-electron chi connectivity index (χ2n) is 4.36. The fraction of sp³-hybridized carbons (Fsp3) is 0.583. The Morgan fingerprint density at radius 2 is 2.07 bits per heavy atom. The molecule has 1 aromatic heterocycles. The van der Waals surface area contributed by atoms with Crippen molar-refractivity contribution in [3.05, 3.63) is 23.5 Å². The van der Waals surface area contributed by atoms with Crippen molar-refractivity contribution in [1.82, 2.24) is 4.98 Å². The average molecular weight is 269 g/mol. The maximum absolute atomic E-state index is 4.41. The maximum atomic E-state index is 4.41. The topological polar surface area (TPSA) is 16.1 Å². The highest BCUT2D eigenvalue weighted by Gasteiger charge is 2.21. The molecule has 2 nitrogen and oxygen atoms in total. The molecule has 1 saturated heterocycles. The highest BCUT2D eigenvalue weighted by molar-refractivity contribution is 9.09. The van der Waals surface area contributed by atoms with Crippen molar-refractivity contribution >= 4 is 21.6 Å². The van der Waals surface area contributed by atoms with Crippen LogP contribution in [0.25, 0.3) is 0 Å². The van der Waals surface area contributed by atoms with E-state index in [-0.39, 0.29) is 0 Å². The van der Waals surface area contributed by atoms with Crippen LogP contribution >= 0.6 is 15.9 Å². The zero-order chi connectivity index (χ0) is 10.8. The molecule has 1 aromatic rings. The monoisotopic (exact) mass is 268 g/mol. The number of aryl methyl sites for hydroxylation is 2. The number of hydrogen-bond donors (Lipinski definition) is 0. The average Bonchev–Trinajstić information content (AvgIpc) is 2.64. The van der Waals surface area contributed by atoms with Crippen LogP contribution in [0.15, 0.2) is 12.1 Å². The molecule has 0 N–H and O–H groups in total. The number of nitrogens with zero attached hydrogens (tertiary/aromatic N) is 2. The largest absolute Gasteiger partial charge is 0.371 e. The minimum Gasteiger partial charge on any atom is -0.371 e. The van der Waals surface area contributed by atoms with Gasteiger partial charge in [0.1, 0.15) is 0 Å². The van der Waals surface area contributed by atoms with Gasteiger partial charge in [0.2, 0.25) is 0 Å². The Morgan fingerprint density at radius 3 is 2.60 bits per heavy atom. The molecule has 1 atom stereocenters. The van der Waals surface area contributed by atoms with Gasteiger partial charge in [-0.1, -0.05) is 15.9 Å². The van der Waals surface area contributed by atoms with E-state index in [1.54, 1.807) is 0 Å². The van der Waals surface area contributed by atoms with Gasteiger partial charge in [-0.05, 0) is 38.3 Å². The van der Waals surface area contributed by atoms with Crippen LogP contribution in [0.1, 0.15) is 17.8 Å². The van der Waals surface area contributed by atoms with E-state index in [2.05, 4.69) is 51.8 Å².